The number of hydrogen-bond acceptors (Lipinski definition) is 4. The van der Waals surface area contributed by atoms with E-state index in [2.05, 4.69) is 0 Å². The summed E-state index contributed by atoms with van der Waals surface area (Å²) < 4.78 is 13.3. The molecule has 0 spiro atoms. The highest BCUT2D eigenvalue weighted by atomic mass is 16.8. The normalized spacial score (nSPS) is 29.4. The Hall–Kier alpha value is -1.72. The first-order valence-corrected chi connectivity index (χ1v) is 13.8. The van der Waals surface area contributed by atoms with Crippen LogP contribution in [-0.2, 0) is 20.7 Å². The summed E-state index contributed by atoms with van der Waals surface area (Å²) in [5, 5.41) is 25.6. The molecule has 0 unspecified atom stereocenters. The van der Waals surface area contributed by atoms with Gasteiger partial charge in [-0.15, -0.1) is 0 Å². The summed E-state index contributed by atoms with van der Waals surface area (Å²) >= 11 is 0. The predicted octanol–water partition coefficient (Wildman–Crippen LogP) is 6.44. The Labute approximate surface area is 210 Å². The minimum Gasteiger partial charge on any atom is -0.382 e. The van der Waals surface area contributed by atoms with Crippen LogP contribution in [0, 0.1) is 11.8 Å². The van der Waals surface area contributed by atoms with Gasteiger partial charge in [0.05, 0.1) is 0 Å². The number of aliphatic hydroxyl groups is 2. The highest BCUT2D eigenvalue weighted by molar-refractivity contribution is 5.31. The quantitative estimate of drug-likeness (QED) is 0.501. The van der Waals surface area contributed by atoms with E-state index in [-0.39, 0.29) is 11.8 Å². The van der Waals surface area contributed by atoms with Crippen LogP contribution in [-0.4, -0.2) is 28.2 Å². The largest absolute Gasteiger partial charge is 0.382 e. The molecule has 5 rings (SSSR count). The molecule has 4 nitrogen and oxygen atoms in total. The van der Waals surface area contributed by atoms with Crippen molar-refractivity contribution in [3.8, 4) is 0 Å². The molecule has 4 heteroatoms. The second-order valence-corrected chi connectivity index (χ2v) is 11.5. The van der Waals surface area contributed by atoms with Gasteiger partial charge in [0, 0.05) is 0 Å². The molecule has 1 heterocycles. The molecule has 2 saturated carbocycles. The zero-order valence-corrected chi connectivity index (χ0v) is 21.4. The van der Waals surface area contributed by atoms with Crippen molar-refractivity contribution in [2.45, 2.75) is 107 Å². The van der Waals surface area contributed by atoms with E-state index in [4.69, 9.17) is 9.47 Å². The van der Waals surface area contributed by atoms with E-state index in [0.717, 1.165) is 62.5 Å². The van der Waals surface area contributed by atoms with Crippen molar-refractivity contribution in [2.24, 2.45) is 11.8 Å². The molecular formula is C31H42O4. The smallest absolute Gasteiger partial charge is 0.164 e. The predicted molar refractivity (Wildman–Crippen MR) is 138 cm³/mol. The lowest BCUT2D eigenvalue weighted by Gasteiger charge is -2.49. The molecule has 4 atom stereocenters. The van der Waals surface area contributed by atoms with E-state index in [1.807, 2.05) is 74.5 Å². The maximum atomic E-state index is 12.8. The van der Waals surface area contributed by atoms with E-state index in [1.165, 1.54) is 12.8 Å². The van der Waals surface area contributed by atoms with Crippen LogP contribution in [0.1, 0.15) is 89.2 Å². The standard InChI is InChI=1S/C31H42O4/c1-29(2)34-27(30(32,23-15-7-3-8-16-23)24-17-9-4-10-18-24)28(35-29)31(33,25-19-11-5-12-20-25)26-21-13-6-14-22-26/h3,5,7-8,11-12,15-16,19-20,24,26-28,32-33H,4,6,9-10,13-14,17-18,21-22H2,1-2H3/t27-,28-,30-,31-/m1/s1. The van der Waals surface area contributed by atoms with Crippen molar-refractivity contribution in [3.63, 3.8) is 0 Å². The maximum Gasteiger partial charge on any atom is 0.164 e. The van der Waals surface area contributed by atoms with Crippen LogP contribution in [0.15, 0.2) is 60.7 Å². The average molecular weight is 479 g/mol. The van der Waals surface area contributed by atoms with Gasteiger partial charge in [0.25, 0.3) is 0 Å². The Bertz CT molecular complexity index is 871. The summed E-state index contributed by atoms with van der Waals surface area (Å²) in [6, 6.07) is 20.0. The van der Waals surface area contributed by atoms with Gasteiger partial charge in [0.1, 0.15) is 23.4 Å². The average Bonchev–Trinajstić information content (AvgIpc) is 3.26. The van der Waals surface area contributed by atoms with E-state index < -0.39 is 29.2 Å². The first-order chi connectivity index (χ1) is 16.9. The van der Waals surface area contributed by atoms with Gasteiger partial charge in [0.2, 0.25) is 0 Å². The maximum absolute atomic E-state index is 12.8. The zero-order chi connectivity index (χ0) is 24.5. The Kier molecular flexibility index (Phi) is 7.11. The molecule has 0 amide bonds. The van der Waals surface area contributed by atoms with E-state index in [1.54, 1.807) is 0 Å². The molecule has 1 saturated heterocycles. The van der Waals surface area contributed by atoms with Gasteiger partial charge >= 0.3 is 0 Å². The molecule has 35 heavy (non-hydrogen) atoms. The van der Waals surface area contributed by atoms with Crippen LogP contribution >= 0.6 is 0 Å². The highest BCUT2D eigenvalue weighted by Gasteiger charge is 2.63. The Morgan fingerprint density at radius 2 is 0.943 bits per heavy atom. The van der Waals surface area contributed by atoms with Crippen LogP contribution in [0.25, 0.3) is 0 Å². The Morgan fingerprint density at radius 3 is 1.29 bits per heavy atom. The zero-order valence-electron chi connectivity index (χ0n) is 21.4. The van der Waals surface area contributed by atoms with Gasteiger partial charge in [-0.3, -0.25) is 0 Å². The minimum atomic E-state index is -1.25. The lowest BCUT2D eigenvalue weighted by atomic mass is 9.63. The molecule has 2 N–H and O–H groups in total. The molecule has 1 aliphatic heterocycles. The second kappa shape index (κ2) is 9.97. The van der Waals surface area contributed by atoms with Crippen LogP contribution < -0.4 is 0 Å². The van der Waals surface area contributed by atoms with Crippen molar-refractivity contribution in [2.75, 3.05) is 0 Å². The van der Waals surface area contributed by atoms with Crippen LogP contribution in [0.3, 0.4) is 0 Å². The van der Waals surface area contributed by atoms with Crippen molar-refractivity contribution in [1.29, 1.82) is 0 Å². The number of ether oxygens (including phenoxy) is 2. The van der Waals surface area contributed by atoms with Crippen molar-refractivity contribution < 1.29 is 19.7 Å². The summed E-state index contributed by atoms with van der Waals surface area (Å²) in [4.78, 5) is 0. The van der Waals surface area contributed by atoms with Gasteiger partial charge < -0.3 is 19.7 Å². The van der Waals surface area contributed by atoms with Gasteiger partial charge in [-0.25, -0.2) is 0 Å². The molecule has 0 bridgehead atoms. The van der Waals surface area contributed by atoms with Crippen LogP contribution in [0.4, 0.5) is 0 Å². The fourth-order valence-electron chi connectivity index (χ4n) is 7.16. The van der Waals surface area contributed by atoms with Crippen molar-refractivity contribution in [3.05, 3.63) is 71.8 Å². The summed E-state index contributed by atoms with van der Waals surface area (Å²) in [6.45, 7) is 3.83. The lowest BCUT2D eigenvalue weighted by Crippen LogP contribution is -2.59. The summed E-state index contributed by atoms with van der Waals surface area (Å²) in [6.07, 6.45) is 9.25. The fraction of sp³-hybridized carbons (Fsp3) is 0.613. The third-order valence-electron chi connectivity index (χ3n) is 8.89. The van der Waals surface area contributed by atoms with Gasteiger partial charge in [-0.05, 0) is 62.5 Å². The molecule has 2 aromatic carbocycles. The number of rotatable bonds is 6. The monoisotopic (exact) mass is 478 g/mol. The summed E-state index contributed by atoms with van der Waals surface area (Å²) in [7, 11) is 0. The first kappa shape index (κ1) is 25.0. The van der Waals surface area contributed by atoms with E-state index in [0.29, 0.717) is 0 Å². The second-order valence-electron chi connectivity index (χ2n) is 11.5. The molecule has 190 valence electrons. The van der Waals surface area contributed by atoms with E-state index >= 15 is 0 Å². The van der Waals surface area contributed by atoms with Crippen molar-refractivity contribution >= 4 is 0 Å². The molecule has 2 aromatic rings. The molecule has 0 aromatic heterocycles. The van der Waals surface area contributed by atoms with Crippen LogP contribution in [0.5, 0.6) is 0 Å². The summed E-state index contributed by atoms with van der Waals surface area (Å²) in [5.74, 6) is -0.811. The molecule has 0 radical (unpaired) electrons. The molecule has 2 aliphatic carbocycles. The number of benzene rings is 2. The Balaban J connectivity index is 1.65. The lowest BCUT2D eigenvalue weighted by molar-refractivity contribution is -0.189. The van der Waals surface area contributed by atoms with Crippen LogP contribution in [0.2, 0.25) is 0 Å². The minimum absolute atomic E-state index is 0.0510. The van der Waals surface area contributed by atoms with Crippen molar-refractivity contribution in [1.82, 2.24) is 0 Å². The Morgan fingerprint density at radius 1 is 0.600 bits per heavy atom. The molecular weight excluding hydrogens is 436 g/mol. The van der Waals surface area contributed by atoms with Gasteiger partial charge in [0.15, 0.2) is 5.79 Å². The third kappa shape index (κ3) is 4.59. The number of hydrogen-bond donors (Lipinski definition) is 2. The first-order valence-electron chi connectivity index (χ1n) is 13.8. The third-order valence-corrected chi connectivity index (χ3v) is 8.89. The molecule has 3 aliphatic rings. The van der Waals surface area contributed by atoms with E-state index in [9.17, 15) is 10.2 Å². The highest BCUT2D eigenvalue weighted by Crippen LogP contribution is 2.54. The SMILES string of the molecule is CC1(C)O[C@@H]([C@@](O)(c2ccccc2)C2CCCCC2)[C@H]([C@@](O)(c2ccccc2)C2CCCCC2)O1. The molecule has 3 fully saturated rings. The summed E-state index contributed by atoms with van der Waals surface area (Å²) in [5.41, 5.74) is -0.778. The van der Waals surface area contributed by atoms with Gasteiger partial charge in [-0.1, -0.05) is 99.2 Å². The topological polar surface area (TPSA) is 58.9 Å². The fourth-order valence-corrected chi connectivity index (χ4v) is 7.16. The van der Waals surface area contributed by atoms with Gasteiger partial charge in [-0.2, -0.15) is 0 Å².